The number of amides is 1. The molecule has 0 fully saturated rings. The number of thiazole rings is 1. The summed E-state index contributed by atoms with van der Waals surface area (Å²) in [6, 6.07) is 20.1. The summed E-state index contributed by atoms with van der Waals surface area (Å²) in [5.74, 6) is -0.104. The van der Waals surface area contributed by atoms with Crippen molar-refractivity contribution < 1.29 is 4.79 Å². The first-order valence-electron chi connectivity index (χ1n) is 8.80. The summed E-state index contributed by atoms with van der Waals surface area (Å²) >= 11 is 1.37. The molecule has 0 saturated carbocycles. The van der Waals surface area contributed by atoms with Crippen molar-refractivity contribution >= 4 is 28.0 Å². The maximum Gasteiger partial charge on any atom is 0.263 e. The molecule has 1 atom stereocenters. The lowest BCUT2D eigenvalue weighted by Crippen LogP contribution is -2.26. The molecule has 0 aliphatic carbocycles. The molecule has 0 bridgehead atoms. The molecule has 1 unspecified atom stereocenters. The van der Waals surface area contributed by atoms with E-state index in [1.165, 1.54) is 22.1 Å². The van der Waals surface area contributed by atoms with Crippen LogP contribution in [0, 0.1) is 6.92 Å². The summed E-state index contributed by atoms with van der Waals surface area (Å²) in [6.07, 6.45) is 1.73. The normalized spacial score (nSPS) is 12.1. The van der Waals surface area contributed by atoms with Crippen molar-refractivity contribution in [2.24, 2.45) is 0 Å². The molecule has 4 aromatic rings. The van der Waals surface area contributed by atoms with Crippen molar-refractivity contribution in [2.45, 2.75) is 19.9 Å². The third kappa shape index (κ3) is 3.59. The van der Waals surface area contributed by atoms with E-state index in [0.717, 1.165) is 22.0 Å². The van der Waals surface area contributed by atoms with Crippen LogP contribution in [-0.4, -0.2) is 15.9 Å². The van der Waals surface area contributed by atoms with Crippen LogP contribution in [0.25, 0.3) is 21.5 Å². The average Bonchev–Trinajstić information content (AvgIpc) is 3.10. The van der Waals surface area contributed by atoms with Crippen molar-refractivity contribution in [3.63, 3.8) is 0 Å². The topological polar surface area (TPSA) is 54.9 Å². The molecule has 4 nitrogen and oxygen atoms in total. The summed E-state index contributed by atoms with van der Waals surface area (Å²) < 4.78 is 0. The van der Waals surface area contributed by atoms with Crippen LogP contribution in [0.4, 0.5) is 0 Å². The molecular weight excluding hydrogens is 354 g/mol. The van der Waals surface area contributed by atoms with Crippen LogP contribution in [0.5, 0.6) is 0 Å². The summed E-state index contributed by atoms with van der Waals surface area (Å²) in [5, 5.41) is 6.22. The fourth-order valence-corrected chi connectivity index (χ4v) is 3.97. The Bertz CT molecular complexity index is 1100. The third-order valence-corrected chi connectivity index (χ3v) is 5.69. The molecule has 0 saturated heterocycles. The van der Waals surface area contributed by atoms with Crippen molar-refractivity contribution in [3.8, 4) is 10.7 Å². The zero-order valence-corrected chi connectivity index (χ0v) is 16.0. The second-order valence-electron chi connectivity index (χ2n) is 6.45. The summed E-state index contributed by atoms with van der Waals surface area (Å²) in [7, 11) is 0. The van der Waals surface area contributed by atoms with Gasteiger partial charge in [-0.25, -0.2) is 4.98 Å². The Morgan fingerprint density at radius 2 is 1.81 bits per heavy atom. The Balaban J connectivity index is 1.55. The fourth-order valence-electron chi connectivity index (χ4n) is 3.03. The lowest BCUT2D eigenvalue weighted by Gasteiger charge is -2.14. The highest BCUT2D eigenvalue weighted by atomic mass is 32.1. The standard InChI is InChI=1S/C22H19N3OS/c1-14(17-11-10-16-7-3-4-8-18(16)13-17)24-21(26)20-15(2)25-22(27-20)19-9-5-6-12-23-19/h3-14H,1-2H3,(H,24,26). The van der Waals surface area contributed by atoms with Gasteiger partial charge >= 0.3 is 0 Å². The first kappa shape index (κ1) is 17.4. The van der Waals surface area contributed by atoms with E-state index in [4.69, 9.17) is 0 Å². The highest BCUT2D eigenvalue weighted by molar-refractivity contribution is 7.17. The van der Waals surface area contributed by atoms with Crippen LogP contribution in [-0.2, 0) is 0 Å². The Labute approximate surface area is 161 Å². The molecular formula is C22H19N3OS. The molecule has 0 spiro atoms. The minimum atomic E-state index is -0.104. The van der Waals surface area contributed by atoms with E-state index in [2.05, 4.69) is 45.6 Å². The van der Waals surface area contributed by atoms with Crippen LogP contribution < -0.4 is 5.32 Å². The zero-order chi connectivity index (χ0) is 18.8. The van der Waals surface area contributed by atoms with Crippen molar-refractivity contribution in [1.29, 1.82) is 0 Å². The van der Waals surface area contributed by atoms with Gasteiger partial charge in [-0.05, 0) is 48.4 Å². The molecule has 4 rings (SSSR count). The van der Waals surface area contributed by atoms with E-state index in [1.54, 1.807) is 6.20 Å². The number of fused-ring (bicyclic) bond motifs is 1. The number of nitrogens with zero attached hydrogens (tertiary/aromatic N) is 2. The predicted molar refractivity (Wildman–Crippen MR) is 110 cm³/mol. The molecule has 2 aromatic carbocycles. The van der Waals surface area contributed by atoms with Gasteiger partial charge < -0.3 is 5.32 Å². The van der Waals surface area contributed by atoms with Crippen LogP contribution in [0.2, 0.25) is 0 Å². The van der Waals surface area contributed by atoms with Crippen LogP contribution >= 0.6 is 11.3 Å². The van der Waals surface area contributed by atoms with E-state index >= 15 is 0 Å². The second kappa shape index (κ2) is 7.29. The molecule has 2 heterocycles. The number of carbonyl (C=O) groups is 1. The largest absolute Gasteiger partial charge is 0.345 e. The van der Waals surface area contributed by atoms with Gasteiger partial charge in [-0.2, -0.15) is 0 Å². The second-order valence-corrected chi connectivity index (χ2v) is 7.45. The minimum absolute atomic E-state index is 0.0955. The van der Waals surface area contributed by atoms with Gasteiger partial charge in [0.1, 0.15) is 9.88 Å². The van der Waals surface area contributed by atoms with Crippen molar-refractivity contribution in [2.75, 3.05) is 0 Å². The molecule has 5 heteroatoms. The maximum atomic E-state index is 12.8. The Hall–Kier alpha value is -3.05. The maximum absolute atomic E-state index is 12.8. The van der Waals surface area contributed by atoms with E-state index in [-0.39, 0.29) is 11.9 Å². The Kier molecular flexibility index (Phi) is 4.69. The van der Waals surface area contributed by atoms with Gasteiger partial charge in [-0.15, -0.1) is 11.3 Å². The predicted octanol–water partition coefficient (Wildman–Crippen LogP) is 5.16. The molecule has 0 radical (unpaired) electrons. The number of pyridine rings is 1. The molecule has 1 N–H and O–H groups in total. The smallest absolute Gasteiger partial charge is 0.263 e. The number of hydrogen-bond donors (Lipinski definition) is 1. The molecule has 0 aliphatic heterocycles. The number of aryl methyl sites for hydroxylation is 1. The number of hydrogen-bond acceptors (Lipinski definition) is 4. The quantitative estimate of drug-likeness (QED) is 0.538. The first-order valence-corrected chi connectivity index (χ1v) is 9.62. The lowest BCUT2D eigenvalue weighted by atomic mass is 10.0. The SMILES string of the molecule is Cc1nc(-c2ccccn2)sc1C(=O)NC(C)c1ccc2ccccc2c1. The van der Waals surface area contributed by atoms with E-state index in [0.29, 0.717) is 4.88 Å². The van der Waals surface area contributed by atoms with Gasteiger partial charge in [0.05, 0.1) is 17.4 Å². The Morgan fingerprint density at radius 3 is 2.59 bits per heavy atom. The molecule has 1 amide bonds. The van der Waals surface area contributed by atoms with Crippen LogP contribution in [0.15, 0.2) is 66.9 Å². The number of aromatic nitrogens is 2. The van der Waals surface area contributed by atoms with E-state index in [1.807, 2.05) is 44.2 Å². The highest BCUT2D eigenvalue weighted by Gasteiger charge is 2.19. The van der Waals surface area contributed by atoms with Crippen LogP contribution in [0.1, 0.15) is 33.9 Å². The van der Waals surface area contributed by atoms with Gasteiger partial charge in [-0.3, -0.25) is 9.78 Å². The molecule has 27 heavy (non-hydrogen) atoms. The Morgan fingerprint density at radius 1 is 1.04 bits per heavy atom. The monoisotopic (exact) mass is 373 g/mol. The van der Waals surface area contributed by atoms with E-state index < -0.39 is 0 Å². The van der Waals surface area contributed by atoms with Gasteiger partial charge in [0, 0.05) is 6.20 Å². The number of nitrogens with one attached hydrogen (secondary N) is 1. The average molecular weight is 373 g/mol. The molecule has 2 aromatic heterocycles. The van der Waals surface area contributed by atoms with Crippen molar-refractivity contribution in [1.82, 2.24) is 15.3 Å². The first-order chi connectivity index (χ1) is 13.1. The van der Waals surface area contributed by atoms with E-state index in [9.17, 15) is 4.79 Å². The summed E-state index contributed by atoms with van der Waals surface area (Å²) in [4.78, 5) is 22.3. The zero-order valence-electron chi connectivity index (χ0n) is 15.1. The minimum Gasteiger partial charge on any atom is -0.345 e. The van der Waals surface area contributed by atoms with Crippen LogP contribution in [0.3, 0.4) is 0 Å². The number of benzene rings is 2. The van der Waals surface area contributed by atoms with Gasteiger partial charge in [0.25, 0.3) is 5.91 Å². The fraction of sp³-hybridized carbons (Fsp3) is 0.136. The number of rotatable bonds is 4. The van der Waals surface area contributed by atoms with Gasteiger partial charge in [0.15, 0.2) is 0 Å². The summed E-state index contributed by atoms with van der Waals surface area (Å²) in [5.41, 5.74) is 2.59. The van der Waals surface area contributed by atoms with Gasteiger partial charge in [-0.1, -0.05) is 42.5 Å². The summed E-state index contributed by atoms with van der Waals surface area (Å²) in [6.45, 7) is 3.86. The lowest BCUT2D eigenvalue weighted by molar-refractivity contribution is 0.0943. The molecule has 0 aliphatic rings. The van der Waals surface area contributed by atoms with Crippen molar-refractivity contribution in [3.05, 3.63) is 83.0 Å². The highest BCUT2D eigenvalue weighted by Crippen LogP contribution is 2.27. The van der Waals surface area contributed by atoms with Gasteiger partial charge in [0.2, 0.25) is 0 Å². The third-order valence-electron chi connectivity index (χ3n) is 4.51. The molecule has 134 valence electrons. The number of carbonyl (C=O) groups excluding carboxylic acids is 1.